The molecule has 0 saturated heterocycles. The van der Waals surface area contributed by atoms with Crippen LogP contribution >= 0.6 is 23.2 Å². The van der Waals surface area contributed by atoms with Crippen molar-refractivity contribution in [3.05, 3.63) is 97.6 Å². The first kappa shape index (κ1) is 29.6. The Morgan fingerprint density at radius 2 is 1.89 bits per heavy atom. The zero-order valence-electron chi connectivity index (χ0n) is 21.0. The van der Waals surface area contributed by atoms with E-state index in [1.807, 2.05) is 52.8 Å². The summed E-state index contributed by atoms with van der Waals surface area (Å²) in [5.41, 5.74) is 4.37. The van der Waals surface area contributed by atoms with Crippen molar-refractivity contribution >= 4 is 29.2 Å². The van der Waals surface area contributed by atoms with E-state index in [4.69, 9.17) is 23.2 Å². The number of hydrogen-bond acceptors (Lipinski definition) is 3. The largest absolute Gasteiger partial charge is 1.00 e. The third kappa shape index (κ3) is 6.78. The second-order valence-corrected chi connectivity index (χ2v) is 9.87. The Labute approximate surface area is 238 Å². The number of carbonyl (C=O) groups is 1. The van der Waals surface area contributed by atoms with E-state index in [1.165, 1.54) is 6.07 Å². The second-order valence-electron chi connectivity index (χ2n) is 9.02. The van der Waals surface area contributed by atoms with Crippen LogP contribution in [0.15, 0.2) is 48.0 Å². The number of nitrogens with zero attached hydrogens (tertiary/aromatic N) is 2. The molecule has 0 amide bonds. The van der Waals surface area contributed by atoms with E-state index >= 15 is 0 Å². The van der Waals surface area contributed by atoms with Gasteiger partial charge in [0.1, 0.15) is 11.5 Å². The fourth-order valence-corrected chi connectivity index (χ4v) is 4.74. The summed E-state index contributed by atoms with van der Waals surface area (Å²) in [5, 5.41) is 17.3. The summed E-state index contributed by atoms with van der Waals surface area (Å²) in [5.74, 6) is -2.42. The van der Waals surface area contributed by atoms with Crippen molar-refractivity contribution in [2.45, 2.75) is 59.4 Å². The molecule has 0 aliphatic rings. The molecule has 0 fully saturated rings. The molecule has 0 aliphatic carbocycles. The number of carbonyl (C=O) groups excluding carboxylic acids is 1. The molecule has 0 saturated carbocycles. The Hall–Kier alpha value is -1.63. The third-order valence-electron chi connectivity index (χ3n) is 5.85. The molecule has 1 aromatic heterocycles. The topological polar surface area (TPSA) is 58.0 Å². The van der Waals surface area contributed by atoms with Gasteiger partial charge < -0.3 is 9.90 Å². The normalized spacial score (nSPS) is 11.8. The van der Waals surface area contributed by atoms with Gasteiger partial charge in [0, 0.05) is 22.2 Å². The standard InChI is InChI=1S/C27H29Cl2FN2O2.Na/c1-15(2)11-12-32-26(16(3)4)23(25(31-32)27(33)34)21(20-10-9-19(28)13-17(20)5)14-18-7-6-8-22(29)24(18)30;/h6-11,13,16,21H,12,14H2,1-5H3,(H,33,34);/q;+1/p-1. The molecule has 0 N–H and O–H groups in total. The summed E-state index contributed by atoms with van der Waals surface area (Å²) >= 11 is 12.3. The molecule has 0 radical (unpaired) electrons. The molecule has 3 rings (SSSR count). The van der Waals surface area contributed by atoms with Gasteiger partial charge in [0.25, 0.3) is 0 Å². The van der Waals surface area contributed by atoms with Gasteiger partial charge in [-0.05, 0) is 68.0 Å². The first-order valence-corrected chi connectivity index (χ1v) is 11.9. The Bertz CT molecular complexity index is 1250. The number of aryl methyl sites for hydroxylation is 1. The van der Waals surface area contributed by atoms with Gasteiger partial charge in [-0.2, -0.15) is 5.10 Å². The van der Waals surface area contributed by atoms with E-state index in [1.54, 1.807) is 22.9 Å². The first-order chi connectivity index (χ1) is 16.0. The van der Waals surface area contributed by atoms with Crippen molar-refractivity contribution in [1.82, 2.24) is 9.78 Å². The van der Waals surface area contributed by atoms with E-state index in [2.05, 4.69) is 5.10 Å². The number of hydrogen-bond donors (Lipinski definition) is 0. The molecule has 3 aromatic rings. The zero-order chi connectivity index (χ0) is 25.2. The van der Waals surface area contributed by atoms with Crippen LogP contribution < -0.4 is 34.7 Å². The molecule has 1 unspecified atom stereocenters. The van der Waals surface area contributed by atoms with Gasteiger partial charge in [-0.15, -0.1) is 0 Å². The number of allylic oxidation sites excluding steroid dienone is 2. The number of carboxylic acid groups (broad SMARTS) is 1. The molecule has 8 heteroatoms. The number of aromatic carboxylic acids is 1. The predicted molar refractivity (Wildman–Crippen MR) is 133 cm³/mol. The summed E-state index contributed by atoms with van der Waals surface area (Å²) in [6.07, 6.45) is 2.18. The number of carboxylic acids is 1. The monoisotopic (exact) mass is 524 g/mol. The van der Waals surface area contributed by atoms with E-state index < -0.39 is 17.7 Å². The van der Waals surface area contributed by atoms with Crippen LogP contribution in [0, 0.1) is 12.7 Å². The van der Waals surface area contributed by atoms with Crippen LogP contribution in [0.2, 0.25) is 10.0 Å². The Morgan fingerprint density at radius 3 is 2.46 bits per heavy atom. The van der Waals surface area contributed by atoms with Gasteiger partial charge in [0.15, 0.2) is 0 Å². The van der Waals surface area contributed by atoms with Gasteiger partial charge in [0.2, 0.25) is 0 Å². The number of aromatic nitrogens is 2. The maximum Gasteiger partial charge on any atom is 1.00 e. The van der Waals surface area contributed by atoms with E-state index in [0.717, 1.165) is 22.4 Å². The van der Waals surface area contributed by atoms with Crippen molar-refractivity contribution in [2.24, 2.45) is 0 Å². The molecule has 1 atom stereocenters. The maximum atomic E-state index is 15.0. The fraction of sp³-hybridized carbons (Fsp3) is 0.333. The zero-order valence-corrected chi connectivity index (χ0v) is 24.5. The fourth-order valence-electron chi connectivity index (χ4n) is 4.32. The molecule has 0 aliphatic heterocycles. The van der Waals surface area contributed by atoms with E-state index in [-0.39, 0.29) is 52.6 Å². The number of benzene rings is 2. The minimum atomic E-state index is -1.36. The molecule has 0 bridgehead atoms. The van der Waals surface area contributed by atoms with E-state index in [9.17, 15) is 14.3 Å². The van der Waals surface area contributed by atoms with Crippen molar-refractivity contribution in [2.75, 3.05) is 0 Å². The summed E-state index contributed by atoms with van der Waals surface area (Å²) < 4.78 is 16.7. The average molecular weight is 525 g/mol. The molecule has 4 nitrogen and oxygen atoms in total. The maximum absolute atomic E-state index is 15.0. The van der Waals surface area contributed by atoms with Crippen LogP contribution in [0.4, 0.5) is 4.39 Å². The minimum absolute atomic E-state index is 0. The van der Waals surface area contributed by atoms with Crippen molar-refractivity contribution < 1.29 is 43.8 Å². The molecule has 1 heterocycles. The van der Waals surface area contributed by atoms with Crippen LogP contribution in [-0.2, 0) is 13.0 Å². The molecule has 35 heavy (non-hydrogen) atoms. The van der Waals surface area contributed by atoms with Crippen molar-refractivity contribution in [3.63, 3.8) is 0 Å². The van der Waals surface area contributed by atoms with Crippen molar-refractivity contribution in [3.8, 4) is 0 Å². The SMILES string of the molecule is CC(C)=CCn1nc(C(=O)[O-])c(C(Cc2cccc(Cl)c2F)c2ccc(Cl)cc2C)c1C(C)C.[Na+]. The van der Waals surface area contributed by atoms with Crippen LogP contribution in [-0.4, -0.2) is 15.7 Å². The van der Waals surface area contributed by atoms with Gasteiger partial charge in [-0.3, -0.25) is 4.68 Å². The Morgan fingerprint density at radius 1 is 1.20 bits per heavy atom. The number of rotatable bonds is 8. The summed E-state index contributed by atoms with van der Waals surface area (Å²) in [4.78, 5) is 12.3. The first-order valence-electron chi connectivity index (χ1n) is 11.2. The van der Waals surface area contributed by atoms with Crippen LogP contribution in [0.1, 0.15) is 78.0 Å². The molecular formula is C27H28Cl2FN2NaO2. The van der Waals surface area contributed by atoms with Crippen LogP contribution in [0.3, 0.4) is 0 Å². The summed E-state index contributed by atoms with van der Waals surface area (Å²) in [7, 11) is 0. The average Bonchev–Trinajstić information content (AvgIpc) is 3.14. The Balaban J connectivity index is 0.00000432. The number of halogens is 3. The predicted octanol–water partition coefficient (Wildman–Crippen LogP) is 3.47. The summed E-state index contributed by atoms with van der Waals surface area (Å²) in [6, 6.07) is 10.3. The van der Waals surface area contributed by atoms with Gasteiger partial charge in [-0.25, -0.2) is 4.39 Å². The van der Waals surface area contributed by atoms with Gasteiger partial charge >= 0.3 is 29.6 Å². The molecule has 0 spiro atoms. The molecule has 180 valence electrons. The van der Waals surface area contributed by atoms with Crippen LogP contribution in [0.25, 0.3) is 0 Å². The van der Waals surface area contributed by atoms with Crippen molar-refractivity contribution in [1.29, 1.82) is 0 Å². The minimum Gasteiger partial charge on any atom is -0.543 e. The quantitative estimate of drug-likeness (QED) is 0.335. The second kappa shape index (κ2) is 12.6. The molecule has 2 aromatic carbocycles. The van der Waals surface area contributed by atoms with Gasteiger partial charge in [0.05, 0.1) is 17.5 Å². The van der Waals surface area contributed by atoms with Crippen LogP contribution in [0.5, 0.6) is 0 Å². The smallest absolute Gasteiger partial charge is 0.543 e. The summed E-state index contributed by atoms with van der Waals surface area (Å²) in [6.45, 7) is 10.3. The van der Waals surface area contributed by atoms with E-state index in [0.29, 0.717) is 22.7 Å². The third-order valence-corrected chi connectivity index (χ3v) is 6.38. The molecular weight excluding hydrogens is 497 g/mol. The Kier molecular flexibility index (Phi) is 10.6. The van der Waals surface area contributed by atoms with Gasteiger partial charge in [-0.1, -0.05) is 66.9 Å².